The number of ether oxygens (including phenoxy) is 2. The number of fused-ring (bicyclic) bond motifs is 1. The van der Waals surface area contributed by atoms with E-state index in [1.807, 2.05) is 47.1 Å². The Balaban J connectivity index is 1.44. The maximum atomic E-state index is 13.0. The number of hydrogen-bond donors (Lipinski definition) is 2. The Bertz CT molecular complexity index is 1640. The Labute approximate surface area is 219 Å². The number of methoxy groups -OCH3 is 2. The maximum absolute atomic E-state index is 13.0. The number of carbonyl (C=O) groups is 2. The fourth-order valence-electron chi connectivity index (χ4n) is 4.02. The van der Waals surface area contributed by atoms with Crippen molar-refractivity contribution in [2.75, 3.05) is 24.9 Å². The fraction of sp³-hybridized carbons (Fsp3) is 0.103. The maximum Gasteiger partial charge on any atom is 0.255 e. The van der Waals surface area contributed by atoms with Gasteiger partial charge in [-0.1, -0.05) is 12.1 Å². The molecule has 5 aromatic rings. The highest BCUT2D eigenvalue weighted by Gasteiger charge is 2.14. The lowest BCUT2D eigenvalue weighted by Gasteiger charge is -2.13. The number of ketones is 1. The molecular weight excluding hydrogens is 482 g/mol. The molecule has 0 saturated heterocycles. The van der Waals surface area contributed by atoms with Crippen molar-refractivity contribution in [3.05, 3.63) is 96.4 Å². The topological polar surface area (TPSA) is 107 Å². The van der Waals surface area contributed by atoms with Gasteiger partial charge in [0.1, 0.15) is 0 Å². The third kappa shape index (κ3) is 5.03. The lowest BCUT2D eigenvalue weighted by molar-refractivity contribution is 0.101. The molecule has 0 saturated carbocycles. The molecule has 0 atom stereocenters. The molecule has 2 aromatic heterocycles. The molecule has 9 heteroatoms. The average molecular weight is 508 g/mol. The predicted octanol–water partition coefficient (Wildman–Crippen LogP) is 5.61. The largest absolute Gasteiger partial charge is 0.493 e. The van der Waals surface area contributed by atoms with Gasteiger partial charge in [-0.15, -0.1) is 0 Å². The molecule has 2 heterocycles. The molecule has 0 bridgehead atoms. The van der Waals surface area contributed by atoms with Crippen molar-refractivity contribution >= 4 is 34.5 Å². The summed E-state index contributed by atoms with van der Waals surface area (Å²) in [5.74, 6) is 1.45. The van der Waals surface area contributed by atoms with Crippen LogP contribution in [0.1, 0.15) is 27.6 Å². The van der Waals surface area contributed by atoms with Gasteiger partial charge in [0, 0.05) is 52.7 Å². The van der Waals surface area contributed by atoms with Crippen LogP contribution in [0.25, 0.3) is 16.9 Å². The number of aromatic nitrogens is 3. The van der Waals surface area contributed by atoms with Crippen LogP contribution >= 0.6 is 0 Å². The predicted molar refractivity (Wildman–Crippen MR) is 146 cm³/mol. The van der Waals surface area contributed by atoms with E-state index in [0.29, 0.717) is 45.5 Å². The fourth-order valence-corrected chi connectivity index (χ4v) is 4.02. The van der Waals surface area contributed by atoms with Crippen LogP contribution in [-0.4, -0.2) is 40.3 Å². The molecule has 1 amide bonds. The lowest BCUT2D eigenvalue weighted by Crippen LogP contribution is -2.12. The van der Waals surface area contributed by atoms with Gasteiger partial charge in [-0.2, -0.15) is 0 Å². The summed E-state index contributed by atoms with van der Waals surface area (Å²) < 4.78 is 12.6. The second kappa shape index (κ2) is 10.4. The van der Waals surface area contributed by atoms with Crippen molar-refractivity contribution in [2.24, 2.45) is 0 Å². The summed E-state index contributed by atoms with van der Waals surface area (Å²) in [6, 6.07) is 19.5. The van der Waals surface area contributed by atoms with E-state index in [2.05, 4.69) is 15.6 Å². The van der Waals surface area contributed by atoms with Gasteiger partial charge in [0.2, 0.25) is 0 Å². The molecule has 38 heavy (non-hydrogen) atoms. The van der Waals surface area contributed by atoms with Gasteiger partial charge in [0.25, 0.3) is 5.91 Å². The monoisotopic (exact) mass is 507 g/mol. The summed E-state index contributed by atoms with van der Waals surface area (Å²) in [5, 5.41) is 6.19. The molecule has 3 aromatic carbocycles. The van der Waals surface area contributed by atoms with Crippen LogP contribution in [0.3, 0.4) is 0 Å². The molecule has 0 aliphatic rings. The Hall–Kier alpha value is -5.18. The summed E-state index contributed by atoms with van der Waals surface area (Å²) in [5.41, 5.74) is 4.47. The number of amides is 1. The highest BCUT2D eigenvalue weighted by Crippen LogP contribution is 2.32. The average Bonchev–Trinajstić information content (AvgIpc) is 3.42. The van der Waals surface area contributed by atoms with Crippen molar-refractivity contribution in [2.45, 2.75) is 6.92 Å². The van der Waals surface area contributed by atoms with Crippen LogP contribution < -0.4 is 20.1 Å². The quantitative estimate of drug-likeness (QED) is 0.263. The standard InChI is InChI=1S/C29H25N5O4/c1-18(35)19-7-9-22(10-8-19)32-29(36)21-6-4-5-20(15-21)24-17-34-14-13-30-28(34)27(33-24)31-23-11-12-25(37-2)26(16-23)38-3/h4-17H,1-3H3,(H,31,33)(H,32,36). The summed E-state index contributed by atoms with van der Waals surface area (Å²) in [6.45, 7) is 1.50. The third-order valence-corrected chi connectivity index (χ3v) is 5.99. The van der Waals surface area contributed by atoms with Crippen molar-refractivity contribution in [1.29, 1.82) is 0 Å². The Morgan fingerprint density at radius 2 is 1.63 bits per heavy atom. The minimum Gasteiger partial charge on any atom is -0.493 e. The minimum atomic E-state index is -0.269. The van der Waals surface area contributed by atoms with Gasteiger partial charge in [-0.25, -0.2) is 9.97 Å². The van der Waals surface area contributed by atoms with Gasteiger partial charge in [0.15, 0.2) is 28.7 Å². The van der Waals surface area contributed by atoms with Crippen LogP contribution in [0.15, 0.2) is 85.3 Å². The first-order chi connectivity index (χ1) is 18.4. The van der Waals surface area contributed by atoms with Crippen LogP contribution in [0.5, 0.6) is 11.5 Å². The molecule has 0 aliphatic heterocycles. The minimum absolute atomic E-state index is 0.0297. The molecule has 0 radical (unpaired) electrons. The molecule has 0 fully saturated rings. The number of rotatable bonds is 8. The van der Waals surface area contributed by atoms with E-state index in [-0.39, 0.29) is 11.7 Å². The first-order valence-corrected chi connectivity index (χ1v) is 11.8. The molecule has 9 nitrogen and oxygen atoms in total. The van der Waals surface area contributed by atoms with Gasteiger partial charge >= 0.3 is 0 Å². The van der Waals surface area contributed by atoms with Crippen LogP contribution in [0.2, 0.25) is 0 Å². The molecular formula is C29H25N5O4. The smallest absolute Gasteiger partial charge is 0.255 e. The Kier molecular flexibility index (Phi) is 6.73. The lowest BCUT2D eigenvalue weighted by atomic mass is 10.1. The van der Waals surface area contributed by atoms with E-state index < -0.39 is 0 Å². The summed E-state index contributed by atoms with van der Waals surface area (Å²) in [7, 11) is 3.17. The zero-order valence-electron chi connectivity index (χ0n) is 21.1. The molecule has 0 unspecified atom stereocenters. The van der Waals surface area contributed by atoms with Crippen molar-refractivity contribution in [1.82, 2.24) is 14.4 Å². The van der Waals surface area contributed by atoms with Crippen LogP contribution in [-0.2, 0) is 0 Å². The van der Waals surface area contributed by atoms with E-state index in [4.69, 9.17) is 14.5 Å². The molecule has 5 rings (SSSR count). The summed E-state index contributed by atoms with van der Waals surface area (Å²) in [6.07, 6.45) is 5.39. The summed E-state index contributed by atoms with van der Waals surface area (Å²) >= 11 is 0. The SMILES string of the molecule is COc1ccc(Nc2nc(-c3cccc(C(=O)Nc4ccc(C(C)=O)cc4)c3)cn3ccnc23)cc1OC. The number of anilines is 3. The number of hydrogen-bond acceptors (Lipinski definition) is 7. The van der Waals surface area contributed by atoms with E-state index in [1.165, 1.54) is 6.92 Å². The molecule has 2 N–H and O–H groups in total. The normalized spacial score (nSPS) is 10.7. The van der Waals surface area contributed by atoms with Crippen molar-refractivity contribution < 1.29 is 19.1 Å². The first-order valence-electron chi connectivity index (χ1n) is 11.8. The Morgan fingerprint density at radius 3 is 2.37 bits per heavy atom. The zero-order chi connectivity index (χ0) is 26.6. The summed E-state index contributed by atoms with van der Waals surface area (Å²) in [4.78, 5) is 33.7. The van der Waals surface area contributed by atoms with Crippen LogP contribution in [0.4, 0.5) is 17.2 Å². The highest BCUT2D eigenvalue weighted by atomic mass is 16.5. The second-order valence-electron chi connectivity index (χ2n) is 8.50. The number of Topliss-reactive ketones (excluding diaryl/α,β-unsaturated/α-hetero) is 1. The van der Waals surface area contributed by atoms with Gasteiger partial charge in [-0.3, -0.25) is 9.59 Å². The van der Waals surface area contributed by atoms with E-state index >= 15 is 0 Å². The van der Waals surface area contributed by atoms with Gasteiger partial charge in [-0.05, 0) is 55.5 Å². The van der Waals surface area contributed by atoms with Crippen LogP contribution in [0, 0.1) is 0 Å². The highest BCUT2D eigenvalue weighted by molar-refractivity contribution is 6.05. The van der Waals surface area contributed by atoms with Crippen molar-refractivity contribution in [3.63, 3.8) is 0 Å². The molecule has 190 valence electrons. The number of carbonyl (C=O) groups excluding carboxylic acids is 2. The zero-order valence-corrected chi connectivity index (χ0v) is 21.1. The van der Waals surface area contributed by atoms with E-state index in [0.717, 1.165) is 11.3 Å². The molecule has 0 spiro atoms. The van der Waals surface area contributed by atoms with E-state index in [9.17, 15) is 9.59 Å². The number of nitrogens with one attached hydrogen (secondary N) is 2. The van der Waals surface area contributed by atoms with Crippen molar-refractivity contribution in [3.8, 4) is 22.8 Å². The van der Waals surface area contributed by atoms with Gasteiger partial charge in [0.05, 0.1) is 19.9 Å². The first kappa shape index (κ1) is 24.5. The number of nitrogens with zero attached hydrogens (tertiary/aromatic N) is 3. The molecule has 0 aliphatic carbocycles. The van der Waals surface area contributed by atoms with E-state index in [1.54, 1.807) is 56.8 Å². The third-order valence-electron chi connectivity index (χ3n) is 5.99. The van der Waals surface area contributed by atoms with Gasteiger partial charge < -0.3 is 24.5 Å². The Morgan fingerprint density at radius 1 is 0.868 bits per heavy atom. The second-order valence-corrected chi connectivity index (χ2v) is 8.50. The number of benzene rings is 3. The number of imidazole rings is 1.